The molecule has 0 unspecified atom stereocenters. The summed E-state index contributed by atoms with van der Waals surface area (Å²) in [6.07, 6.45) is 3.23. The molecule has 1 aromatic heterocycles. The van der Waals surface area contributed by atoms with Gasteiger partial charge in [-0.1, -0.05) is 5.16 Å². The van der Waals surface area contributed by atoms with Crippen molar-refractivity contribution in [3.8, 4) is 0 Å². The highest BCUT2D eigenvalue weighted by molar-refractivity contribution is 5.83. The van der Waals surface area contributed by atoms with Crippen LogP contribution in [-0.2, 0) is 16.0 Å². The van der Waals surface area contributed by atoms with Crippen LogP contribution in [0.4, 0.5) is 0 Å². The van der Waals surface area contributed by atoms with E-state index in [1.807, 2.05) is 20.2 Å². The van der Waals surface area contributed by atoms with Gasteiger partial charge in [-0.3, -0.25) is 4.79 Å². The van der Waals surface area contributed by atoms with Gasteiger partial charge < -0.3 is 24.8 Å². The summed E-state index contributed by atoms with van der Waals surface area (Å²) in [5.41, 5.74) is 0.539. The van der Waals surface area contributed by atoms with E-state index in [9.17, 15) is 4.79 Å². The van der Waals surface area contributed by atoms with Gasteiger partial charge in [-0.15, -0.1) is 0 Å². The molecule has 2 aliphatic rings. The predicted octanol–water partition coefficient (Wildman–Crippen LogP) is 1.16. The Morgan fingerprint density at radius 3 is 2.88 bits per heavy atom. The van der Waals surface area contributed by atoms with E-state index in [2.05, 4.69) is 27.6 Å². The molecule has 2 aliphatic heterocycles. The van der Waals surface area contributed by atoms with Crippen LogP contribution in [0.25, 0.3) is 0 Å². The van der Waals surface area contributed by atoms with Crippen LogP contribution in [0.5, 0.6) is 0 Å². The third-order valence-corrected chi connectivity index (χ3v) is 5.50. The molecule has 0 aromatic carbocycles. The summed E-state index contributed by atoms with van der Waals surface area (Å²) in [7, 11) is 4.04. The number of piperidine rings is 1. The van der Waals surface area contributed by atoms with E-state index in [1.165, 1.54) is 0 Å². The van der Waals surface area contributed by atoms with E-state index in [0.29, 0.717) is 18.9 Å². The quantitative estimate of drug-likeness (QED) is 0.756. The Kier molecular flexibility index (Phi) is 6.32. The van der Waals surface area contributed by atoms with Gasteiger partial charge in [0.1, 0.15) is 5.76 Å². The zero-order chi connectivity index (χ0) is 18.6. The van der Waals surface area contributed by atoms with Crippen LogP contribution in [-0.4, -0.2) is 68.9 Å². The molecule has 2 saturated heterocycles. The molecule has 146 valence electrons. The first-order valence-electron chi connectivity index (χ1n) is 9.68. The van der Waals surface area contributed by atoms with E-state index >= 15 is 0 Å². The number of nitrogens with zero attached hydrogens (tertiary/aromatic N) is 2. The molecule has 7 nitrogen and oxygen atoms in total. The van der Waals surface area contributed by atoms with E-state index < -0.39 is 5.41 Å². The predicted molar refractivity (Wildman–Crippen MR) is 99.1 cm³/mol. The molecule has 2 atom stereocenters. The van der Waals surface area contributed by atoms with Crippen molar-refractivity contribution in [3.05, 3.63) is 17.5 Å². The number of ether oxygens (including phenoxy) is 1. The van der Waals surface area contributed by atoms with Crippen molar-refractivity contribution in [1.82, 2.24) is 20.7 Å². The van der Waals surface area contributed by atoms with Crippen molar-refractivity contribution in [2.45, 2.75) is 44.6 Å². The summed E-state index contributed by atoms with van der Waals surface area (Å²) in [6.45, 7) is 6.09. The smallest absolute Gasteiger partial charge is 0.227 e. The highest BCUT2D eigenvalue weighted by Gasteiger charge is 2.41. The maximum atomic E-state index is 13.1. The molecule has 2 fully saturated rings. The Labute approximate surface area is 155 Å². The number of nitrogens with one attached hydrogen (secondary N) is 2. The minimum absolute atomic E-state index is 0.116. The first-order valence-corrected chi connectivity index (χ1v) is 9.68. The molecule has 2 N–H and O–H groups in total. The van der Waals surface area contributed by atoms with Crippen LogP contribution in [0.2, 0.25) is 0 Å². The third-order valence-electron chi connectivity index (χ3n) is 5.50. The number of carbonyl (C=O) groups is 1. The van der Waals surface area contributed by atoms with Crippen molar-refractivity contribution in [1.29, 1.82) is 0 Å². The second-order valence-corrected chi connectivity index (χ2v) is 8.12. The van der Waals surface area contributed by atoms with Crippen molar-refractivity contribution < 1.29 is 14.1 Å². The maximum absolute atomic E-state index is 13.1. The van der Waals surface area contributed by atoms with Gasteiger partial charge in [0.2, 0.25) is 5.91 Å². The fourth-order valence-corrected chi connectivity index (χ4v) is 4.07. The summed E-state index contributed by atoms with van der Waals surface area (Å²) in [6, 6.07) is 2.14. The summed E-state index contributed by atoms with van der Waals surface area (Å²) in [5.74, 6) is 1.27. The summed E-state index contributed by atoms with van der Waals surface area (Å²) in [5, 5.41) is 10.8. The van der Waals surface area contributed by atoms with Gasteiger partial charge in [0.15, 0.2) is 0 Å². The maximum Gasteiger partial charge on any atom is 0.227 e. The molecule has 26 heavy (non-hydrogen) atoms. The standard InChI is InChI=1S/C19H32N4O3/c1-14(12-23(2)3)21-18(24)19(5-7-20-8-6-19)11-16-10-17(22-26-16)15-4-9-25-13-15/h10,14-15,20H,4-9,11-13H2,1-3H3,(H,21,24)/t14-,15-/m0/s1. The Hall–Kier alpha value is -1.44. The lowest BCUT2D eigenvalue weighted by Crippen LogP contribution is -2.52. The van der Waals surface area contributed by atoms with Crippen LogP contribution in [0, 0.1) is 5.41 Å². The average molecular weight is 364 g/mol. The van der Waals surface area contributed by atoms with Crippen molar-refractivity contribution in [3.63, 3.8) is 0 Å². The Bertz CT molecular complexity index is 589. The molecule has 3 rings (SSSR count). The number of likely N-dealkylation sites (N-methyl/N-ethyl adjacent to an activating group) is 1. The zero-order valence-electron chi connectivity index (χ0n) is 16.2. The number of rotatable bonds is 7. The molecule has 7 heteroatoms. The topological polar surface area (TPSA) is 79.6 Å². The zero-order valence-corrected chi connectivity index (χ0v) is 16.2. The second-order valence-electron chi connectivity index (χ2n) is 8.12. The van der Waals surface area contributed by atoms with E-state index in [4.69, 9.17) is 9.26 Å². The van der Waals surface area contributed by atoms with Gasteiger partial charge in [0, 0.05) is 37.6 Å². The van der Waals surface area contributed by atoms with Crippen molar-refractivity contribution in [2.24, 2.45) is 5.41 Å². The molecule has 0 bridgehead atoms. The van der Waals surface area contributed by atoms with Crippen LogP contribution < -0.4 is 10.6 Å². The molecule has 3 heterocycles. The minimum Gasteiger partial charge on any atom is -0.381 e. The summed E-state index contributed by atoms with van der Waals surface area (Å²) in [4.78, 5) is 15.2. The molecule has 0 radical (unpaired) electrons. The number of hydrogen-bond donors (Lipinski definition) is 2. The first kappa shape index (κ1) is 19.3. The van der Waals surface area contributed by atoms with Gasteiger partial charge in [0.05, 0.1) is 17.7 Å². The number of hydrogen-bond acceptors (Lipinski definition) is 6. The van der Waals surface area contributed by atoms with Crippen LogP contribution in [0.3, 0.4) is 0 Å². The van der Waals surface area contributed by atoms with Crippen molar-refractivity contribution in [2.75, 3.05) is 46.9 Å². The summed E-state index contributed by atoms with van der Waals surface area (Å²) >= 11 is 0. The molecule has 0 aliphatic carbocycles. The molecule has 1 amide bonds. The Morgan fingerprint density at radius 2 is 2.23 bits per heavy atom. The van der Waals surface area contributed by atoms with E-state index in [-0.39, 0.29) is 11.9 Å². The van der Waals surface area contributed by atoms with Gasteiger partial charge >= 0.3 is 0 Å². The molecular weight excluding hydrogens is 332 g/mol. The SMILES string of the molecule is C[C@@H](CN(C)C)NC(=O)C1(Cc2cc([C@H]3CCOC3)no2)CCNCC1. The minimum atomic E-state index is -0.422. The highest BCUT2D eigenvalue weighted by Crippen LogP contribution is 2.35. The lowest BCUT2D eigenvalue weighted by molar-refractivity contribution is -0.133. The number of amides is 1. The largest absolute Gasteiger partial charge is 0.381 e. The van der Waals surface area contributed by atoms with Gasteiger partial charge in [-0.25, -0.2) is 0 Å². The molecule has 1 aromatic rings. The van der Waals surface area contributed by atoms with Gasteiger partial charge in [-0.05, 0) is 53.4 Å². The monoisotopic (exact) mass is 364 g/mol. The third kappa shape index (κ3) is 4.64. The van der Waals surface area contributed by atoms with Gasteiger partial charge in [0.25, 0.3) is 0 Å². The Balaban J connectivity index is 1.69. The summed E-state index contributed by atoms with van der Waals surface area (Å²) < 4.78 is 11.1. The highest BCUT2D eigenvalue weighted by atomic mass is 16.5. The number of aromatic nitrogens is 1. The van der Waals surface area contributed by atoms with Crippen LogP contribution in [0.1, 0.15) is 43.6 Å². The fraction of sp³-hybridized carbons (Fsp3) is 0.789. The lowest BCUT2D eigenvalue weighted by Gasteiger charge is -2.36. The lowest BCUT2D eigenvalue weighted by atomic mass is 9.74. The van der Waals surface area contributed by atoms with Crippen LogP contribution in [0.15, 0.2) is 10.6 Å². The van der Waals surface area contributed by atoms with Crippen molar-refractivity contribution >= 4 is 5.91 Å². The van der Waals surface area contributed by atoms with Crippen LogP contribution >= 0.6 is 0 Å². The molecular formula is C19H32N4O3. The average Bonchev–Trinajstić information content (AvgIpc) is 3.26. The second kappa shape index (κ2) is 8.50. The van der Waals surface area contributed by atoms with Gasteiger partial charge in [-0.2, -0.15) is 0 Å². The Morgan fingerprint density at radius 1 is 1.46 bits per heavy atom. The normalized spacial score (nSPS) is 23.9. The molecule has 0 saturated carbocycles. The fourth-order valence-electron chi connectivity index (χ4n) is 4.07. The van der Waals surface area contributed by atoms with E-state index in [1.54, 1.807) is 0 Å². The first-order chi connectivity index (χ1) is 12.5. The molecule has 0 spiro atoms. The van der Waals surface area contributed by atoms with E-state index in [0.717, 1.165) is 57.0 Å². The number of carbonyl (C=O) groups excluding carboxylic acids is 1.